The molecule has 7 heteroatoms. The molecule has 1 saturated heterocycles. The first kappa shape index (κ1) is 16.4. The third kappa shape index (κ3) is 4.76. The van der Waals surface area contributed by atoms with Gasteiger partial charge in [0.15, 0.2) is 5.16 Å². The van der Waals surface area contributed by atoms with Gasteiger partial charge in [0.1, 0.15) is 0 Å². The number of nitrogens with one attached hydrogen (secondary N) is 2. The molecule has 122 valence electrons. The Kier molecular flexibility index (Phi) is 5.64. The van der Waals surface area contributed by atoms with Crippen LogP contribution in [0.1, 0.15) is 6.42 Å². The van der Waals surface area contributed by atoms with Crippen molar-refractivity contribution in [3.8, 4) is 0 Å². The standard InChI is InChI=1S/C16H20N4OS2/c1-20-8-6-18-16(20)23-14-4-2-12(3-5-14)19-15(21)10-13-11-22-9-7-17-13/h2-6,8,13,17H,7,9-11H2,1H3,(H,19,21). The molecule has 1 fully saturated rings. The highest BCUT2D eigenvalue weighted by Gasteiger charge is 2.16. The van der Waals surface area contributed by atoms with Crippen LogP contribution >= 0.6 is 23.5 Å². The van der Waals surface area contributed by atoms with Gasteiger partial charge in [-0.15, -0.1) is 0 Å². The molecule has 2 N–H and O–H groups in total. The number of amides is 1. The van der Waals surface area contributed by atoms with Crippen molar-refractivity contribution in [3.63, 3.8) is 0 Å². The Labute approximate surface area is 144 Å². The highest BCUT2D eigenvalue weighted by molar-refractivity contribution is 7.99. The predicted octanol–water partition coefficient (Wildman–Crippen LogP) is 2.60. The van der Waals surface area contributed by atoms with E-state index in [4.69, 9.17) is 0 Å². The van der Waals surface area contributed by atoms with Crippen LogP contribution in [-0.2, 0) is 11.8 Å². The molecule has 0 saturated carbocycles. The molecule has 1 aliphatic heterocycles. The van der Waals surface area contributed by atoms with Crippen molar-refractivity contribution in [2.75, 3.05) is 23.4 Å². The van der Waals surface area contributed by atoms with Gasteiger partial charge in [-0.2, -0.15) is 11.8 Å². The lowest BCUT2D eigenvalue weighted by atomic mass is 10.2. The van der Waals surface area contributed by atoms with Crippen molar-refractivity contribution in [2.24, 2.45) is 7.05 Å². The zero-order valence-electron chi connectivity index (χ0n) is 13.0. The number of hydrogen-bond acceptors (Lipinski definition) is 5. The van der Waals surface area contributed by atoms with E-state index in [-0.39, 0.29) is 11.9 Å². The summed E-state index contributed by atoms with van der Waals surface area (Å²) < 4.78 is 1.98. The van der Waals surface area contributed by atoms with E-state index in [1.54, 1.807) is 18.0 Å². The van der Waals surface area contributed by atoms with Crippen LogP contribution in [0.15, 0.2) is 46.7 Å². The number of benzene rings is 1. The Bertz CT molecular complexity index is 650. The van der Waals surface area contributed by atoms with E-state index in [0.717, 1.165) is 33.8 Å². The normalized spacial score (nSPS) is 17.9. The highest BCUT2D eigenvalue weighted by Crippen LogP contribution is 2.26. The van der Waals surface area contributed by atoms with Crippen molar-refractivity contribution in [1.29, 1.82) is 0 Å². The zero-order valence-corrected chi connectivity index (χ0v) is 14.6. The van der Waals surface area contributed by atoms with Gasteiger partial charge < -0.3 is 15.2 Å². The number of carbonyl (C=O) groups is 1. The van der Waals surface area contributed by atoms with Crippen LogP contribution in [0.2, 0.25) is 0 Å². The molecule has 2 heterocycles. The lowest BCUT2D eigenvalue weighted by Gasteiger charge is -2.22. The Hall–Kier alpha value is -1.44. The third-order valence-electron chi connectivity index (χ3n) is 3.55. The second-order valence-electron chi connectivity index (χ2n) is 5.43. The van der Waals surface area contributed by atoms with Gasteiger partial charge in [0.2, 0.25) is 5.91 Å². The molecule has 23 heavy (non-hydrogen) atoms. The summed E-state index contributed by atoms with van der Waals surface area (Å²) in [5, 5.41) is 7.30. The number of nitrogens with zero attached hydrogens (tertiary/aromatic N) is 2. The lowest BCUT2D eigenvalue weighted by Crippen LogP contribution is -2.39. The van der Waals surface area contributed by atoms with Gasteiger partial charge in [0.05, 0.1) is 0 Å². The molecular formula is C16H20N4OS2. The quantitative estimate of drug-likeness (QED) is 0.870. The smallest absolute Gasteiger partial charge is 0.225 e. The molecule has 5 nitrogen and oxygen atoms in total. The van der Waals surface area contributed by atoms with E-state index in [1.165, 1.54) is 0 Å². The second-order valence-corrected chi connectivity index (χ2v) is 7.62. The average molecular weight is 348 g/mol. The predicted molar refractivity (Wildman–Crippen MR) is 96.1 cm³/mol. The third-order valence-corrected chi connectivity index (χ3v) is 5.77. The van der Waals surface area contributed by atoms with E-state index < -0.39 is 0 Å². The van der Waals surface area contributed by atoms with Crippen molar-refractivity contribution >= 4 is 35.1 Å². The van der Waals surface area contributed by atoms with Gasteiger partial charge in [-0.3, -0.25) is 4.79 Å². The first-order valence-electron chi connectivity index (χ1n) is 7.57. The number of imidazole rings is 1. The highest BCUT2D eigenvalue weighted by atomic mass is 32.2. The molecule has 1 aromatic heterocycles. The number of thioether (sulfide) groups is 1. The van der Waals surface area contributed by atoms with Crippen LogP contribution in [-0.4, -0.2) is 39.6 Å². The largest absolute Gasteiger partial charge is 0.329 e. The monoisotopic (exact) mass is 348 g/mol. The van der Waals surface area contributed by atoms with E-state index in [1.807, 2.05) is 53.8 Å². The molecule has 0 radical (unpaired) electrons. The number of hydrogen-bond donors (Lipinski definition) is 2. The fourth-order valence-corrected chi connectivity index (χ4v) is 4.10. The number of anilines is 1. The molecule has 0 spiro atoms. The molecule has 2 aromatic rings. The minimum absolute atomic E-state index is 0.0644. The fraction of sp³-hybridized carbons (Fsp3) is 0.375. The van der Waals surface area contributed by atoms with Crippen LogP contribution in [0.5, 0.6) is 0 Å². The molecule has 1 atom stereocenters. The van der Waals surface area contributed by atoms with Gasteiger partial charge >= 0.3 is 0 Å². The van der Waals surface area contributed by atoms with Crippen molar-refractivity contribution in [2.45, 2.75) is 22.5 Å². The van der Waals surface area contributed by atoms with Crippen LogP contribution in [0.4, 0.5) is 5.69 Å². The summed E-state index contributed by atoms with van der Waals surface area (Å²) in [4.78, 5) is 17.5. The van der Waals surface area contributed by atoms with Crippen molar-refractivity contribution in [3.05, 3.63) is 36.7 Å². The Balaban J connectivity index is 1.52. The van der Waals surface area contributed by atoms with Crippen LogP contribution < -0.4 is 10.6 Å². The topological polar surface area (TPSA) is 59.0 Å². The molecule has 3 rings (SSSR count). The maximum Gasteiger partial charge on any atom is 0.225 e. The van der Waals surface area contributed by atoms with E-state index >= 15 is 0 Å². The lowest BCUT2D eigenvalue weighted by molar-refractivity contribution is -0.116. The van der Waals surface area contributed by atoms with Gasteiger partial charge in [-0.25, -0.2) is 4.98 Å². The van der Waals surface area contributed by atoms with E-state index in [9.17, 15) is 4.79 Å². The molecule has 1 unspecified atom stereocenters. The van der Waals surface area contributed by atoms with Crippen LogP contribution in [0, 0.1) is 0 Å². The average Bonchev–Trinajstić information content (AvgIpc) is 2.95. The first-order valence-corrected chi connectivity index (χ1v) is 9.54. The summed E-state index contributed by atoms with van der Waals surface area (Å²) in [7, 11) is 1.97. The Morgan fingerprint density at radius 2 is 2.30 bits per heavy atom. The van der Waals surface area contributed by atoms with Gasteiger partial charge in [0, 0.05) is 60.5 Å². The number of aryl methyl sites for hydroxylation is 1. The first-order chi connectivity index (χ1) is 11.2. The maximum atomic E-state index is 12.1. The summed E-state index contributed by atoms with van der Waals surface area (Å²) in [5.41, 5.74) is 0.836. The zero-order chi connectivity index (χ0) is 16.1. The number of rotatable bonds is 5. The van der Waals surface area contributed by atoms with E-state index in [0.29, 0.717) is 6.42 Å². The maximum absolute atomic E-state index is 12.1. The van der Waals surface area contributed by atoms with E-state index in [2.05, 4.69) is 15.6 Å². The van der Waals surface area contributed by atoms with Gasteiger partial charge in [0.25, 0.3) is 0 Å². The second kappa shape index (κ2) is 7.90. The Morgan fingerprint density at radius 1 is 1.48 bits per heavy atom. The van der Waals surface area contributed by atoms with Crippen molar-refractivity contribution in [1.82, 2.24) is 14.9 Å². The molecule has 1 aliphatic rings. The van der Waals surface area contributed by atoms with Crippen LogP contribution in [0.25, 0.3) is 0 Å². The fourth-order valence-electron chi connectivity index (χ4n) is 2.35. The minimum atomic E-state index is 0.0644. The minimum Gasteiger partial charge on any atom is -0.329 e. The Morgan fingerprint density at radius 3 is 2.96 bits per heavy atom. The number of carbonyl (C=O) groups excluding carboxylic acids is 1. The van der Waals surface area contributed by atoms with Gasteiger partial charge in [-0.1, -0.05) is 11.8 Å². The summed E-state index contributed by atoms with van der Waals surface area (Å²) in [6.07, 6.45) is 4.24. The molecule has 1 amide bonds. The molecule has 0 bridgehead atoms. The van der Waals surface area contributed by atoms with Gasteiger partial charge in [-0.05, 0) is 24.3 Å². The molecular weight excluding hydrogens is 328 g/mol. The summed E-state index contributed by atoms with van der Waals surface area (Å²) in [5.74, 6) is 2.20. The summed E-state index contributed by atoms with van der Waals surface area (Å²) in [6, 6.07) is 8.16. The SMILES string of the molecule is Cn1ccnc1Sc1ccc(NC(=O)CC2CSCCN2)cc1. The van der Waals surface area contributed by atoms with Crippen LogP contribution in [0.3, 0.4) is 0 Å². The summed E-state index contributed by atoms with van der Waals surface area (Å²) in [6.45, 7) is 0.988. The summed E-state index contributed by atoms with van der Waals surface area (Å²) >= 11 is 3.51. The molecule has 0 aliphatic carbocycles. The molecule has 1 aromatic carbocycles. The van der Waals surface area contributed by atoms with Crippen molar-refractivity contribution < 1.29 is 4.79 Å². The number of aromatic nitrogens is 2.